The molecule has 0 aromatic carbocycles. The van der Waals surface area contributed by atoms with Crippen molar-refractivity contribution in [3.8, 4) is 0 Å². The van der Waals surface area contributed by atoms with E-state index in [4.69, 9.17) is 4.74 Å². The summed E-state index contributed by atoms with van der Waals surface area (Å²) in [5.41, 5.74) is 0. The van der Waals surface area contributed by atoms with Gasteiger partial charge in [0.15, 0.2) is 0 Å². The van der Waals surface area contributed by atoms with Gasteiger partial charge in [-0.15, -0.1) is 0 Å². The number of esters is 1. The first kappa shape index (κ1) is 13.3. The highest BCUT2D eigenvalue weighted by molar-refractivity contribution is 7.99. The summed E-state index contributed by atoms with van der Waals surface area (Å²) in [6, 6.07) is 0. The molecule has 2 aliphatic heterocycles. The van der Waals surface area contributed by atoms with Crippen molar-refractivity contribution in [2.45, 2.75) is 38.2 Å². The Hall–Kier alpha value is -0.710. The van der Waals surface area contributed by atoms with Crippen LogP contribution in [-0.2, 0) is 14.3 Å². The Morgan fingerprint density at radius 3 is 2.63 bits per heavy atom. The molecule has 1 saturated carbocycles. The molecule has 0 bridgehead atoms. The highest BCUT2D eigenvalue weighted by atomic mass is 32.2. The van der Waals surface area contributed by atoms with E-state index in [9.17, 15) is 9.59 Å². The van der Waals surface area contributed by atoms with Crippen molar-refractivity contribution in [3.05, 3.63) is 0 Å². The van der Waals surface area contributed by atoms with E-state index in [2.05, 4.69) is 0 Å². The largest absolute Gasteiger partial charge is 0.461 e. The minimum Gasteiger partial charge on any atom is -0.461 e. The van der Waals surface area contributed by atoms with Gasteiger partial charge in [-0.2, -0.15) is 11.8 Å². The number of piperidine rings is 1. The molecule has 0 aromatic rings. The van der Waals surface area contributed by atoms with Gasteiger partial charge in [0.05, 0.1) is 5.92 Å². The number of carbonyl (C=O) groups is 2. The maximum Gasteiger partial charge on any atom is 0.311 e. The molecule has 3 aliphatic rings. The Morgan fingerprint density at radius 1 is 1.11 bits per heavy atom. The smallest absolute Gasteiger partial charge is 0.311 e. The van der Waals surface area contributed by atoms with Crippen LogP contribution in [0.5, 0.6) is 0 Å². The summed E-state index contributed by atoms with van der Waals surface area (Å²) < 4.78 is 5.56. The van der Waals surface area contributed by atoms with E-state index in [1.54, 1.807) is 0 Å². The fourth-order valence-electron chi connectivity index (χ4n) is 2.82. The van der Waals surface area contributed by atoms with Crippen LogP contribution < -0.4 is 0 Å². The number of carbonyl (C=O) groups excluding carboxylic acids is 2. The molecule has 4 nitrogen and oxygen atoms in total. The predicted molar refractivity (Wildman–Crippen MR) is 73.9 cm³/mol. The molecule has 106 valence electrons. The third-order valence-electron chi connectivity index (χ3n) is 4.16. The summed E-state index contributed by atoms with van der Waals surface area (Å²) in [5, 5.41) is 0. The molecular weight excluding hydrogens is 262 g/mol. The molecular formula is C14H21NO3S. The molecule has 2 atom stereocenters. The van der Waals surface area contributed by atoms with E-state index in [1.807, 2.05) is 16.7 Å². The summed E-state index contributed by atoms with van der Waals surface area (Å²) in [6.07, 6.45) is 4.94. The van der Waals surface area contributed by atoms with Gasteiger partial charge in [0.1, 0.15) is 6.10 Å². The van der Waals surface area contributed by atoms with Crippen LogP contribution in [0.2, 0.25) is 0 Å². The average molecular weight is 283 g/mol. The number of ether oxygens (including phenoxy) is 1. The maximum atomic E-state index is 12.1. The highest BCUT2D eigenvalue weighted by Crippen LogP contribution is 2.33. The minimum absolute atomic E-state index is 0.0826. The Balaban J connectivity index is 1.51. The van der Waals surface area contributed by atoms with Crippen LogP contribution in [0.4, 0.5) is 0 Å². The molecule has 1 aliphatic carbocycles. The summed E-state index contributed by atoms with van der Waals surface area (Å²) >= 11 is 1.85. The van der Waals surface area contributed by atoms with Crippen molar-refractivity contribution in [1.29, 1.82) is 0 Å². The van der Waals surface area contributed by atoms with Gasteiger partial charge in [-0.05, 0) is 37.9 Å². The lowest BCUT2D eigenvalue weighted by atomic mass is 9.97. The standard InChI is InChI=1S/C14H21NO3S/c16-13(10-3-4-10)15-6-1-2-11(8-15)14(17)18-12-5-7-19-9-12/h10-12H,1-9H2/t11-,12+/m1/s1. The molecule has 0 radical (unpaired) electrons. The van der Waals surface area contributed by atoms with Crippen LogP contribution in [0.3, 0.4) is 0 Å². The van der Waals surface area contributed by atoms with E-state index in [0.29, 0.717) is 6.54 Å². The van der Waals surface area contributed by atoms with Crippen molar-refractivity contribution >= 4 is 23.6 Å². The number of hydrogen-bond acceptors (Lipinski definition) is 4. The first-order valence-corrected chi connectivity index (χ1v) is 8.46. The van der Waals surface area contributed by atoms with Crippen molar-refractivity contribution in [2.24, 2.45) is 11.8 Å². The number of hydrogen-bond donors (Lipinski definition) is 0. The van der Waals surface area contributed by atoms with Crippen molar-refractivity contribution in [1.82, 2.24) is 4.90 Å². The van der Waals surface area contributed by atoms with Gasteiger partial charge >= 0.3 is 5.97 Å². The third-order valence-corrected chi connectivity index (χ3v) is 5.30. The minimum atomic E-state index is -0.0953. The van der Waals surface area contributed by atoms with Gasteiger partial charge in [-0.3, -0.25) is 9.59 Å². The van der Waals surface area contributed by atoms with Crippen LogP contribution in [0.1, 0.15) is 32.1 Å². The summed E-state index contributed by atoms with van der Waals surface area (Å²) in [7, 11) is 0. The van der Waals surface area contributed by atoms with Crippen molar-refractivity contribution in [2.75, 3.05) is 24.6 Å². The van der Waals surface area contributed by atoms with Gasteiger partial charge in [-0.1, -0.05) is 0 Å². The van der Waals surface area contributed by atoms with Gasteiger partial charge < -0.3 is 9.64 Å². The van der Waals surface area contributed by atoms with Crippen molar-refractivity contribution in [3.63, 3.8) is 0 Å². The van der Waals surface area contributed by atoms with Crippen LogP contribution in [-0.4, -0.2) is 47.5 Å². The first-order chi connectivity index (χ1) is 9.24. The number of likely N-dealkylation sites (tertiary alicyclic amines) is 1. The molecule has 0 N–H and O–H groups in total. The molecule has 0 aromatic heterocycles. The maximum absolute atomic E-state index is 12.1. The first-order valence-electron chi connectivity index (χ1n) is 7.31. The van der Waals surface area contributed by atoms with E-state index in [1.165, 1.54) is 0 Å². The van der Waals surface area contributed by atoms with Crippen molar-refractivity contribution < 1.29 is 14.3 Å². The summed E-state index contributed by atoms with van der Waals surface area (Å²) in [4.78, 5) is 26.1. The lowest BCUT2D eigenvalue weighted by Crippen LogP contribution is -2.44. The fourth-order valence-corrected chi connectivity index (χ4v) is 3.92. The normalized spacial score (nSPS) is 31.3. The predicted octanol–water partition coefficient (Wildman–Crippen LogP) is 1.68. The zero-order chi connectivity index (χ0) is 13.2. The monoisotopic (exact) mass is 283 g/mol. The SMILES string of the molecule is O=C(O[C@H]1CCSC1)[C@@H]1CCCN(C(=O)C2CC2)C1. The topological polar surface area (TPSA) is 46.6 Å². The van der Waals surface area contributed by atoms with E-state index < -0.39 is 0 Å². The highest BCUT2D eigenvalue weighted by Gasteiger charge is 2.37. The lowest BCUT2D eigenvalue weighted by Gasteiger charge is -2.32. The molecule has 0 unspecified atom stereocenters. The van der Waals surface area contributed by atoms with Gasteiger partial charge in [0.2, 0.25) is 5.91 Å². The average Bonchev–Trinajstić information content (AvgIpc) is 3.17. The molecule has 3 fully saturated rings. The number of amides is 1. The molecule has 3 rings (SSSR count). The molecule has 2 heterocycles. The second-order valence-electron chi connectivity index (χ2n) is 5.82. The Kier molecular flexibility index (Phi) is 4.01. The molecule has 2 saturated heterocycles. The second-order valence-corrected chi connectivity index (χ2v) is 6.97. The van der Waals surface area contributed by atoms with E-state index in [0.717, 1.165) is 50.2 Å². The quantitative estimate of drug-likeness (QED) is 0.739. The lowest BCUT2D eigenvalue weighted by molar-refractivity contribution is -0.155. The van der Waals surface area contributed by atoms with Gasteiger partial charge in [0, 0.05) is 24.8 Å². The summed E-state index contributed by atoms with van der Waals surface area (Å²) in [5.74, 6) is 2.36. The third kappa shape index (κ3) is 3.25. The molecule has 0 spiro atoms. The van der Waals surface area contributed by atoms with Crippen LogP contribution in [0, 0.1) is 11.8 Å². The molecule has 1 amide bonds. The molecule has 19 heavy (non-hydrogen) atoms. The fraction of sp³-hybridized carbons (Fsp3) is 0.857. The Morgan fingerprint density at radius 2 is 1.95 bits per heavy atom. The zero-order valence-electron chi connectivity index (χ0n) is 11.2. The Labute approximate surface area is 118 Å². The van der Waals surface area contributed by atoms with Gasteiger partial charge in [-0.25, -0.2) is 0 Å². The zero-order valence-corrected chi connectivity index (χ0v) is 12.0. The van der Waals surface area contributed by atoms with Crippen LogP contribution in [0.15, 0.2) is 0 Å². The summed E-state index contributed by atoms with van der Waals surface area (Å²) in [6.45, 7) is 1.40. The second kappa shape index (κ2) is 5.73. The van der Waals surface area contributed by atoms with E-state index >= 15 is 0 Å². The van der Waals surface area contributed by atoms with E-state index in [-0.39, 0.29) is 29.8 Å². The van der Waals surface area contributed by atoms with Crippen LogP contribution >= 0.6 is 11.8 Å². The molecule has 5 heteroatoms. The number of nitrogens with zero attached hydrogens (tertiary/aromatic N) is 1. The number of rotatable bonds is 3. The van der Waals surface area contributed by atoms with Gasteiger partial charge in [0.25, 0.3) is 0 Å². The number of thioether (sulfide) groups is 1. The Bertz CT molecular complexity index is 364. The van der Waals surface area contributed by atoms with Crippen LogP contribution in [0.25, 0.3) is 0 Å².